The Morgan fingerprint density at radius 1 is 1.21 bits per heavy atom. The van der Waals surface area contributed by atoms with E-state index in [0.717, 1.165) is 18.5 Å². The van der Waals surface area contributed by atoms with Gasteiger partial charge in [0, 0.05) is 6.04 Å². The van der Waals surface area contributed by atoms with Gasteiger partial charge >= 0.3 is 0 Å². The summed E-state index contributed by atoms with van der Waals surface area (Å²) in [6, 6.07) is 9.45. The lowest BCUT2D eigenvalue weighted by Crippen LogP contribution is -2.31. The van der Waals surface area contributed by atoms with Crippen LogP contribution < -0.4 is 4.31 Å². The highest BCUT2D eigenvalue weighted by Crippen LogP contribution is 2.33. The molecule has 0 unspecified atom stereocenters. The summed E-state index contributed by atoms with van der Waals surface area (Å²) in [7, 11) is -3.12. The van der Waals surface area contributed by atoms with Gasteiger partial charge in [-0.3, -0.25) is 4.31 Å². The van der Waals surface area contributed by atoms with Crippen LogP contribution in [0.4, 0.5) is 5.69 Å². The largest absolute Gasteiger partial charge is 0.267 e. The maximum absolute atomic E-state index is 11.5. The van der Waals surface area contributed by atoms with Gasteiger partial charge in [0.05, 0.1) is 11.9 Å². The van der Waals surface area contributed by atoms with Gasteiger partial charge < -0.3 is 0 Å². The van der Waals surface area contributed by atoms with E-state index in [-0.39, 0.29) is 6.04 Å². The number of hydrogen-bond acceptors (Lipinski definition) is 2. The van der Waals surface area contributed by atoms with Gasteiger partial charge in [-0.2, -0.15) is 0 Å². The zero-order valence-corrected chi connectivity index (χ0v) is 8.87. The molecule has 1 aromatic carbocycles. The molecule has 0 amide bonds. The molecule has 1 aromatic rings. The third-order valence-electron chi connectivity index (χ3n) is 2.25. The first-order valence-corrected chi connectivity index (χ1v) is 6.48. The summed E-state index contributed by atoms with van der Waals surface area (Å²) in [5.74, 6) is 0. The van der Waals surface area contributed by atoms with Gasteiger partial charge in [-0.05, 0) is 25.0 Å². The van der Waals surface area contributed by atoms with Crippen LogP contribution >= 0.6 is 0 Å². The minimum Gasteiger partial charge on any atom is -0.267 e. The summed E-state index contributed by atoms with van der Waals surface area (Å²) in [4.78, 5) is 0. The molecule has 76 valence electrons. The predicted molar refractivity (Wildman–Crippen MR) is 56.8 cm³/mol. The normalized spacial score (nSPS) is 16.6. The van der Waals surface area contributed by atoms with Crippen molar-refractivity contribution in [1.82, 2.24) is 0 Å². The number of nitrogens with zero attached hydrogens (tertiary/aromatic N) is 1. The molecule has 0 N–H and O–H groups in total. The Morgan fingerprint density at radius 3 is 2.21 bits per heavy atom. The van der Waals surface area contributed by atoms with E-state index in [4.69, 9.17) is 0 Å². The van der Waals surface area contributed by atoms with Gasteiger partial charge in [0.2, 0.25) is 10.0 Å². The van der Waals surface area contributed by atoms with Crippen molar-refractivity contribution in [3.8, 4) is 0 Å². The van der Waals surface area contributed by atoms with Crippen LogP contribution in [0.5, 0.6) is 0 Å². The van der Waals surface area contributed by atoms with Crippen molar-refractivity contribution in [3.63, 3.8) is 0 Å². The number of anilines is 1. The van der Waals surface area contributed by atoms with Gasteiger partial charge in [-0.15, -0.1) is 0 Å². The van der Waals surface area contributed by atoms with Gasteiger partial charge in [-0.25, -0.2) is 8.42 Å². The van der Waals surface area contributed by atoms with Crippen molar-refractivity contribution in [2.75, 3.05) is 10.6 Å². The highest BCUT2D eigenvalue weighted by molar-refractivity contribution is 7.92. The predicted octanol–water partition coefficient (Wildman–Crippen LogP) is 1.61. The Morgan fingerprint density at radius 2 is 1.79 bits per heavy atom. The standard InChI is InChI=1S/C10H13NO2S/c1-14(12,13)11(10-7-8-10)9-5-3-2-4-6-9/h2-6,10H,7-8H2,1H3. The minimum atomic E-state index is -3.12. The number of benzene rings is 1. The second kappa shape index (κ2) is 3.28. The smallest absolute Gasteiger partial charge is 0.232 e. The lowest BCUT2D eigenvalue weighted by molar-refractivity contribution is 0.596. The maximum atomic E-state index is 11.5. The first kappa shape index (κ1) is 9.52. The van der Waals surface area contributed by atoms with E-state index < -0.39 is 10.0 Å². The van der Waals surface area contributed by atoms with Crippen molar-refractivity contribution in [1.29, 1.82) is 0 Å². The van der Waals surface area contributed by atoms with Crippen molar-refractivity contribution < 1.29 is 8.42 Å². The first-order chi connectivity index (χ1) is 6.59. The molecule has 0 aromatic heterocycles. The average Bonchev–Trinajstić information content (AvgIpc) is 2.88. The van der Waals surface area contributed by atoms with E-state index >= 15 is 0 Å². The fourth-order valence-electron chi connectivity index (χ4n) is 1.56. The van der Waals surface area contributed by atoms with Crippen LogP contribution in [0, 0.1) is 0 Å². The summed E-state index contributed by atoms with van der Waals surface area (Å²) < 4.78 is 24.6. The van der Waals surface area contributed by atoms with Crippen molar-refractivity contribution in [2.24, 2.45) is 0 Å². The second-order valence-electron chi connectivity index (χ2n) is 3.63. The number of sulfonamides is 1. The van der Waals surface area contributed by atoms with Crippen LogP contribution in [-0.4, -0.2) is 20.7 Å². The molecule has 1 saturated carbocycles. The zero-order chi connectivity index (χ0) is 10.2. The van der Waals surface area contributed by atoms with Crippen molar-refractivity contribution >= 4 is 15.7 Å². The quantitative estimate of drug-likeness (QED) is 0.761. The summed E-state index contributed by atoms with van der Waals surface area (Å²) in [5, 5.41) is 0. The summed E-state index contributed by atoms with van der Waals surface area (Å²) in [6.45, 7) is 0. The molecule has 1 aliphatic rings. The number of hydrogen-bond donors (Lipinski definition) is 0. The Bertz CT molecular complexity index is 409. The fraction of sp³-hybridized carbons (Fsp3) is 0.400. The fourth-order valence-corrected chi connectivity index (χ4v) is 2.81. The van der Waals surface area contributed by atoms with Gasteiger partial charge in [0.1, 0.15) is 0 Å². The van der Waals surface area contributed by atoms with E-state index in [9.17, 15) is 8.42 Å². The highest BCUT2D eigenvalue weighted by atomic mass is 32.2. The van der Waals surface area contributed by atoms with Crippen LogP contribution in [0.1, 0.15) is 12.8 Å². The molecule has 0 bridgehead atoms. The molecule has 1 aliphatic carbocycles. The molecule has 4 heteroatoms. The van der Waals surface area contributed by atoms with Gasteiger partial charge in [0.15, 0.2) is 0 Å². The summed E-state index contributed by atoms with van der Waals surface area (Å²) in [5.41, 5.74) is 0.775. The number of rotatable bonds is 3. The van der Waals surface area contributed by atoms with E-state index in [1.165, 1.54) is 10.6 Å². The van der Waals surface area contributed by atoms with Crippen LogP contribution in [0.3, 0.4) is 0 Å². The van der Waals surface area contributed by atoms with Crippen molar-refractivity contribution in [2.45, 2.75) is 18.9 Å². The molecule has 0 atom stereocenters. The van der Waals surface area contributed by atoms with Crippen molar-refractivity contribution in [3.05, 3.63) is 30.3 Å². The highest BCUT2D eigenvalue weighted by Gasteiger charge is 2.34. The van der Waals surface area contributed by atoms with E-state index in [1.54, 1.807) is 0 Å². The Kier molecular flexibility index (Phi) is 2.23. The minimum absolute atomic E-state index is 0.187. The Balaban J connectivity index is 2.37. The van der Waals surface area contributed by atoms with Crippen LogP contribution in [0.25, 0.3) is 0 Å². The topological polar surface area (TPSA) is 37.4 Å². The maximum Gasteiger partial charge on any atom is 0.232 e. The molecule has 14 heavy (non-hydrogen) atoms. The average molecular weight is 211 g/mol. The van der Waals surface area contributed by atoms with Crippen LogP contribution in [-0.2, 0) is 10.0 Å². The third-order valence-corrected chi connectivity index (χ3v) is 3.47. The second-order valence-corrected chi connectivity index (χ2v) is 5.48. The van der Waals surface area contributed by atoms with Crippen LogP contribution in [0.2, 0.25) is 0 Å². The zero-order valence-electron chi connectivity index (χ0n) is 8.05. The van der Waals surface area contributed by atoms with Gasteiger partial charge in [-0.1, -0.05) is 18.2 Å². The lowest BCUT2D eigenvalue weighted by atomic mass is 10.3. The summed E-state index contributed by atoms with van der Waals surface area (Å²) >= 11 is 0. The molecule has 0 saturated heterocycles. The Labute approximate surface area is 84.4 Å². The van der Waals surface area contributed by atoms with E-state index in [1.807, 2.05) is 30.3 Å². The molecule has 1 fully saturated rings. The molecule has 0 heterocycles. The molecule has 0 radical (unpaired) electrons. The molecule has 2 rings (SSSR count). The van der Waals surface area contributed by atoms with Crippen LogP contribution in [0.15, 0.2) is 30.3 Å². The van der Waals surface area contributed by atoms with E-state index in [0.29, 0.717) is 0 Å². The molecular formula is C10H13NO2S. The van der Waals surface area contributed by atoms with E-state index in [2.05, 4.69) is 0 Å². The van der Waals surface area contributed by atoms with Gasteiger partial charge in [0.25, 0.3) is 0 Å². The molecular weight excluding hydrogens is 198 g/mol. The molecule has 0 aliphatic heterocycles. The Hall–Kier alpha value is -1.03. The SMILES string of the molecule is CS(=O)(=O)N(c1ccccc1)C1CC1. The molecule has 0 spiro atoms. The summed E-state index contributed by atoms with van der Waals surface area (Å²) in [6.07, 6.45) is 3.21. The molecule has 3 nitrogen and oxygen atoms in total. The third kappa shape index (κ3) is 1.90. The first-order valence-electron chi connectivity index (χ1n) is 4.63. The monoisotopic (exact) mass is 211 g/mol. The lowest BCUT2D eigenvalue weighted by Gasteiger charge is -2.21. The number of para-hydroxylation sites is 1.